The van der Waals surface area contributed by atoms with Crippen LogP contribution in [0.1, 0.15) is 24.0 Å². The molecule has 0 aliphatic carbocycles. The van der Waals surface area contributed by atoms with Gasteiger partial charge in [0.25, 0.3) is 5.91 Å². The monoisotopic (exact) mass is 430 g/mol. The van der Waals surface area contributed by atoms with Crippen LogP contribution in [-0.2, 0) is 32.2 Å². The maximum atomic E-state index is 12.5. The second-order valence-electron chi connectivity index (χ2n) is 8.54. The second-order valence-corrected chi connectivity index (χ2v) is 8.54. The highest BCUT2D eigenvalue weighted by atomic mass is 16.5. The van der Waals surface area contributed by atoms with Crippen LogP contribution in [0.15, 0.2) is 24.3 Å². The smallest absolute Gasteiger partial charge is 0.251 e. The van der Waals surface area contributed by atoms with E-state index in [-0.39, 0.29) is 17.9 Å². The van der Waals surface area contributed by atoms with E-state index in [0.29, 0.717) is 32.8 Å². The van der Waals surface area contributed by atoms with E-state index in [1.165, 1.54) is 5.56 Å². The number of morpholine rings is 1. The number of hydrogen-bond acceptors (Lipinski definition) is 6. The highest BCUT2D eigenvalue weighted by Crippen LogP contribution is 2.16. The first-order chi connectivity index (χ1) is 15.2. The van der Waals surface area contributed by atoms with E-state index in [4.69, 9.17) is 9.47 Å². The van der Waals surface area contributed by atoms with Crippen molar-refractivity contribution in [2.45, 2.75) is 32.0 Å². The van der Waals surface area contributed by atoms with E-state index >= 15 is 0 Å². The lowest BCUT2D eigenvalue weighted by atomic mass is 10.1. The van der Waals surface area contributed by atoms with Gasteiger partial charge in [-0.05, 0) is 24.0 Å². The summed E-state index contributed by atoms with van der Waals surface area (Å²) in [4.78, 5) is 31.4. The predicted molar refractivity (Wildman–Crippen MR) is 116 cm³/mol. The zero-order valence-electron chi connectivity index (χ0n) is 18.3. The zero-order chi connectivity index (χ0) is 21.5. The Morgan fingerprint density at radius 2 is 1.68 bits per heavy atom. The van der Waals surface area contributed by atoms with Crippen molar-refractivity contribution in [3.05, 3.63) is 35.4 Å². The standard InChI is InChI=1S/C23H34N4O4/c28-22(18-25-7-9-27(10-8-25)23(29)21-6-3-13-31-21)24-16-19-4-1-2-5-20(19)17-26-11-14-30-15-12-26/h1-2,4-5,21H,3,6-18H2,(H,24,28). The summed E-state index contributed by atoms with van der Waals surface area (Å²) < 4.78 is 10.9. The van der Waals surface area contributed by atoms with E-state index in [1.807, 2.05) is 11.0 Å². The van der Waals surface area contributed by atoms with Crippen molar-refractivity contribution in [3.63, 3.8) is 0 Å². The molecule has 1 N–H and O–H groups in total. The third-order valence-corrected chi connectivity index (χ3v) is 6.35. The lowest BCUT2D eigenvalue weighted by Crippen LogP contribution is -2.53. The molecule has 1 atom stereocenters. The number of amides is 2. The minimum Gasteiger partial charge on any atom is -0.379 e. The number of rotatable bonds is 7. The molecule has 1 aromatic rings. The van der Waals surface area contributed by atoms with Crippen molar-refractivity contribution in [3.8, 4) is 0 Å². The summed E-state index contributed by atoms with van der Waals surface area (Å²) in [5.74, 6) is 0.138. The summed E-state index contributed by atoms with van der Waals surface area (Å²) >= 11 is 0. The number of carbonyl (C=O) groups excluding carboxylic acids is 2. The molecule has 0 spiro atoms. The Morgan fingerprint density at radius 1 is 0.935 bits per heavy atom. The van der Waals surface area contributed by atoms with Gasteiger partial charge in [-0.2, -0.15) is 0 Å². The molecule has 0 radical (unpaired) electrons. The van der Waals surface area contributed by atoms with Crippen LogP contribution in [0.25, 0.3) is 0 Å². The molecule has 3 fully saturated rings. The van der Waals surface area contributed by atoms with Gasteiger partial charge in [-0.25, -0.2) is 0 Å². The van der Waals surface area contributed by atoms with Crippen LogP contribution >= 0.6 is 0 Å². The number of ether oxygens (including phenoxy) is 2. The molecule has 3 saturated heterocycles. The zero-order valence-corrected chi connectivity index (χ0v) is 18.3. The summed E-state index contributed by atoms with van der Waals surface area (Å²) in [6.45, 7) is 8.70. The van der Waals surface area contributed by atoms with Crippen LogP contribution in [0.3, 0.4) is 0 Å². The Bertz CT molecular complexity index is 739. The number of hydrogen-bond donors (Lipinski definition) is 1. The third kappa shape index (κ3) is 6.26. The maximum absolute atomic E-state index is 12.5. The first-order valence-electron chi connectivity index (χ1n) is 11.5. The Labute approximate surface area is 184 Å². The van der Waals surface area contributed by atoms with Crippen molar-refractivity contribution < 1.29 is 19.1 Å². The minimum absolute atomic E-state index is 0.0279. The molecule has 0 bridgehead atoms. The fraction of sp³-hybridized carbons (Fsp3) is 0.652. The van der Waals surface area contributed by atoms with E-state index in [2.05, 4.69) is 33.3 Å². The molecule has 31 heavy (non-hydrogen) atoms. The molecule has 8 nitrogen and oxygen atoms in total. The third-order valence-electron chi connectivity index (χ3n) is 6.35. The average molecular weight is 431 g/mol. The van der Waals surface area contributed by atoms with E-state index in [9.17, 15) is 9.59 Å². The van der Waals surface area contributed by atoms with Gasteiger partial charge >= 0.3 is 0 Å². The van der Waals surface area contributed by atoms with Gasteiger partial charge in [0.15, 0.2) is 0 Å². The van der Waals surface area contributed by atoms with Gasteiger partial charge in [0, 0.05) is 59.0 Å². The highest BCUT2D eigenvalue weighted by Gasteiger charge is 2.30. The van der Waals surface area contributed by atoms with Gasteiger partial charge in [-0.3, -0.25) is 19.4 Å². The Morgan fingerprint density at radius 3 is 2.39 bits per heavy atom. The van der Waals surface area contributed by atoms with Gasteiger partial charge in [-0.1, -0.05) is 24.3 Å². The SMILES string of the molecule is O=C(CN1CCN(C(=O)C2CCCO2)CC1)NCc1ccccc1CN1CCOCC1. The molecular formula is C23H34N4O4. The molecule has 0 saturated carbocycles. The van der Waals surface area contributed by atoms with E-state index in [1.54, 1.807) is 0 Å². The largest absolute Gasteiger partial charge is 0.379 e. The lowest BCUT2D eigenvalue weighted by Gasteiger charge is -2.35. The molecule has 3 aliphatic heterocycles. The number of nitrogens with one attached hydrogen (secondary N) is 1. The van der Waals surface area contributed by atoms with Crippen LogP contribution in [0.4, 0.5) is 0 Å². The Balaban J connectivity index is 1.20. The average Bonchev–Trinajstić information content (AvgIpc) is 3.34. The minimum atomic E-state index is -0.257. The van der Waals surface area contributed by atoms with Crippen molar-refractivity contribution in [2.24, 2.45) is 0 Å². The fourth-order valence-electron chi connectivity index (χ4n) is 4.44. The molecule has 3 aliphatic rings. The van der Waals surface area contributed by atoms with Crippen molar-refractivity contribution in [1.82, 2.24) is 20.0 Å². The highest BCUT2D eigenvalue weighted by molar-refractivity contribution is 5.81. The van der Waals surface area contributed by atoms with Gasteiger partial charge in [0.05, 0.1) is 19.8 Å². The van der Waals surface area contributed by atoms with Crippen LogP contribution in [0, 0.1) is 0 Å². The first kappa shape index (κ1) is 22.2. The van der Waals surface area contributed by atoms with E-state index < -0.39 is 0 Å². The maximum Gasteiger partial charge on any atom is 0.251 e. The summed E-state index contributed by atoms with van der Waals surface area (Å²) in [7, 11) is 0. The van der Waals surface area contributed by atoms with Gasteiger partial charge < -0.3 is 19.7 Å². The quantitative estimate of drug-likeness (QED) is 0.678. The molecular weight excluding hydrogens is 396 g/mol. The Kier molecular flexibility index (Phi) is 7.91. The van der Waals surface area contributed by atoms with Crippen molar-refractivity contribution >= 4 is 11.8 Å². The molecule has 0 aromatic heterocycles. The number of carbonyl (C=O) groups is 2. The van der Waals surface area contributed by atoms with Crippen LogP contribution in [-0.4, -0.2) is 98.3 Å². The molecule has 8 heteroatoms. The summed E-state index contributed by atoms with van der Waals surface area (Å²) in [6, 6.07) is 8.31. The number of piperazine rings is 1. The number of nitrogens with zero attached hydrogens (tertiary/aromatic N) is 3. The predicted octanol–water partition coefficient (Wildman–Crippen LogP) is 0.458. The van der Waals surface area contributed by atoms with Gasteiger partial charge in [0.1, 0.15) is 6.10 Å². The molecule has 3 heterocycles. The fourth-order valence-corrected chi connectivity index (χ4v) is 4.44. The normalized spacial score (nSPS) is 23.1. The van der Waals surface area contributed by atoms with Crippen LogP contribution in [0.5, 0.6) is 0 Å². The second kappa shape index (κ2) is 11.0. The van der Waals surface area contributed by atoms with Crippen molar-refractivity contribution in [2.75, 3.05) is 65.6 Å². The summed E-state index contributed by atoms with van der Waals surface area (Å²) in [5.41, 5.74) is 2.42. The number of benzene rings is 1. The van der Waals surface area contributed by atoms with Crippen LogP contribution in [0.2, 0.25) is 0 Å². The topological polar surface area (TPSA) is 74.4 Å². The van der Waals surface area contributed by atoms with E-state index in [0.717, 1.165) is 64.3 Å². The molecule has 1 aromatic carbocycles. The summed E-state index contributed by atoms with van der Waals surface area (Å²) in [5, 5.41) is 3.08. The van der Waals surface area contributed by atoms with Crippen LogP contribution < -0.4 is 5.32 Å². The molecule has 1 unspecified atom stereocenters. The van der Waals surface area contributed by atoms with Gasteiger partial charge in [-0.15, -0.1) is 0 Å². The lowest BCUT2D eigenvalue weighted by molar-refractivity contribution is -0.142. The van der Waals surface area contributed by atoms with Crippen molar-refractivity contribution in [1.29, 1.82) is 0 Å². The van der Waals surface area contributed by atoms with Gasteiger partial charge in [0.2, 0.25) is 5.91 Å². The molecule has 2 amide bonds. The molecule has 4 rings (SSSR count). The molecule has 170 valence electrons. The first-order valence-corrected chi connectivity index (χ1v) is 11.5. The summed E-state index contributed by atoms with van der Waals surface area (Å²) in [6.07, 6.45) is 1.54. The Hall–Kier alpha value is -2.00.